The Labute approximate surface area is 109 Å². The van der Waals surface area contributed by atoms with Crippen LogP contribution in [0, 0.1) is 0 Å². The fourth-order valence-corrected chi connectivity index (χ4v) is 2.05. The van der Waals surface area contributed by atoms with E-state index in [-0.39, 0.29) is 23.4 Å². The summed E-state index contributed by atoms with van der Waals surface area (Å²) in [5.41, 5.74) is -0.189. The van der Waals surface area contributed by atoms with Gasteiger partial charge in [-0.3, -0.25) is 19.3 Å². The molecule has 1 fully saturated rings. The molecule has 0 aliphatic carbocycles. The average Bonchev–Trinajstić information content (AvgIpc) is 2.39. The van der Waals surface area contributed by atoms with E-state index in [1.165, 1.54) is 18.5 Å². The predicted molar refractivity (Wildman–Crippen MR) is 67.0 cm³/mol. The number of aliphatic carboxylic acids is 1. The van der Waals surface area contributed by atoms with Crippen LogP contribution in [-0.4, -0.2) is 64.5 Å². The molecule has 2 N–H and O–H groups in total. The summed E-state index contributed by atoms with van der Waals surface area (Å²) in [6.07, 6.45) is 2.87. The summed E-state index contributed by atoms with van der Waals surface area (Å²) >= 11 is 0. The summed E-state index contributed by atoms with van der Waals surface area (Å²) in [5.74, 6) is -1.18. The van der Waals surface area contributed by atoms with E-state index in [4.69, 9.17) is 5.11 Å². The first-order valence-corrected chi connectivity index (χ1v) is 5.98. The van der Waals surface area contributed by atoms with E-state index in [0.717, 1.165) is 0 Å². The number of aromatic amines is 1. The Morgan fingerprint density at radius 2 is 1.95 bits per heavy atom. The normalized spacial score (nSPS) is 16.3. The molecule has 0 aromatic carbocycles. The standard InChI is InChI=1S/C12H15N3O4/c16-10-1-2-13-7-9(10)12(19)15-5-3-14(4-6-15)8-11(17)18/h1-2,7H,3-6,8H2,(H,13,16)(H,17,18). The van der Waals surface area contributed by atoms with Crippen molar-refractivity contribution in [1.82, 2.24) is 14.8 Å². The maximum atomic E-state index is 12.1. The Kier molecular flexibility index (Phi) is 3.96. The Morgan fingerprint density at radius 3 is 2.53 bits per heavy atom. The van der Waals surface area contributed by atoms with E-state index >= 15 is 0 Å². The molecule has 1 saturated heterocycles. The van der Waals surface area contributed by atoms with E-state index in [9.17, 15) is 14.4 Å². The highest BCUT2D eigenvalue weighted by atomic mass is 16.4. The van der Waals surface area contributed by atoms with Crippen LogP contribution < -0.4 is 5.43 Å². The molecule has 2 rings (SSSR count). The van der Waals surface area contributed by atoms with Crippen LogP contribution in [0.5, 0.6) is 0 Å². The number of nitrogens with zero attached hydrogens (tertiary/aromatic N) is 2. The topological polar surface area (TPSA) is 93.7 Å². The summed E-state index contributed by atoms with van der Waals surface area (Å²) in [7, 11) is 0. The largest absolute Gasteiger partial charge is 0.480 e. The van der Waals surface area contributed by atoms with Crippen molar-refractivity contribution in [1.29, 1.82) is 0 Å². The molecule has 1 aliphatic heterocycles. The second-order valence-electron chi connectivity index (χ2n) is 4.38. The number of carboxylic acids is 1. The number of piperazine rings is 1. The summed E-state index contributed by atoms with van der Waals surface area (Å²) in [4.78, 5) is 40.3. The minimum Gasteiger partial charge on any atom is -0.480 e. The number of carboxylic acid groups (broad SMARTS) is 1. The molecule has 102 valence electrons. The van der Waals surface area contributed by atoms with Gasteiger partial charge in [0.2, 0.25) is 0 Å². The average molecular weight is 265 g/mol. The molecule has 2 heterocycles. The quantitative estimate of drug-likeness (QED) is 0.747. The van der Waals surface area contributed by atoms with Crippen LogP contribution in [0.4, 0.5) is 0 Å². The van der Waals surface area contributed by atoms with E-state index in [2.05, 4.69) is 4.98 Å². The lowest BCUT2D eigenvalue weighted by molar-refractivity contribution is -0.138. The van der Waals surface area contributed by atoms with E-state index in [1.807, 2.05) is 0 Å². The van der Waals surface area contributed by atoms with Gasteiger partial charge < -0.3 is 15.0 Å². The molecular formula is C12H15N3O4. The van der Waals surface area contributed by atoms with Gasteiger partial charge in [0.1, 0.15) is 5.56 Å². The number of pyridine rings is 1. The van der Waals surface area contributed by atoms with Crippen molar-refractivity contribution < 1.29 is 14.7 Å². The van der Waals surface area contributed by atoms with Crippen LogP contribution in [0.15, 0.2) is 23.3 Å². The van der Waals surface area contributed by atoms with Crippen LogP contribution in [0.25, 0.3) is 0 Å². The van der Waals surface area contributed by atoms with Crippen molar-refractivity contribution in [3.05, 3.63) is 34.2 Å². The van der Waals surface area contributed by atoms with Crippen molar-refractivity contribution in [2.75, 3.05) is 32.7 Å². The molecule has 19 heavy (non-hydrogen) atoms. The lowest BCUT2D eigenvalue weighted by atomic mass is 10.2. The van der Waals surface area contributed by atoms with Crippen molar-refractivity contribution in [2.24, 2.45) is 0 Å². The molecule has 0 bridgehead atoms. The van der Waals surface area contributed by atoms with Gasteiger partial charge in [-0.05, 0) is 0 Å². The highest BCUT2D eigenvalue weighted by molar-refractivity contribution is 5.93. The Hall–Kier alpha value is -2.15. The van der Waals surface area contributed by atoms with Gasteiger partial charge in [0, 0.05) is 44.6 Å². The van der Waals surface area contributed by atoms with Gasteiger partial charge in [-0.15, -0.1) is 0 Å². The zero-order valence-electron chi connectivity index (χ0n) is 10.3. The minimum absolute atomic E-state index is 0.0199. The monoisotopic (exact) mass is 265 g/mol. The third kappa shape index (κ3) is 3.19. The van der Waals surface area contributed by atoms with Crippen LogP contribution in [-0.2, 0) is 4.79 Å². The van der Waals surface area contributed by atoms with E-state index < -0.39 is 5.97 Å². The number of carbonyl (C=O) groups excluding carboxylic acids is 1. The van der Waals surface area contributed by atoms with Crippen LogP contribution in [0.1, 0.15) is 10.4 Å². The zero-order valence-corrected chi connectivity index (χ0v) is 10.3. The van der Waals surface area contributed by atoms with Gasteiger partial charge in [-0.1, -0.05) is 0 Å². The number of H-pyrrole nitrogens is 1. The van der Waals surface area contributed by atoms with Crippen molar-refractivity contribution in [3.63, 3.8) is 0 Å². The van der Waals surface area contributed by atoms with E-state index in [1.54, 1.807) is 9.80 Å². The summed E-state index contributed by atoms with van der Waals surface area (Å²) in [6, 6.07) is 1.31. The van der Waals surface area contributed by atoms with Crippen LogP contribution in [0.3, 0.4) is 0 Å². The number of rotatable bonds is 3. The molecule has 1 aromatic heterocycles. The number of hydrogen-bond donors (Lipinski definition) is 2. The first kappa shape index (κ1) is 13.3. The first-order valence-electron chi connectivity index (χ1n) is 5.98. The number of nitrogens with one attached hydrogen (secondary N) is 1. The third-order valence-electron chi connectivity index (χ3n) is 3.07. The molecule has 0 unspecified atom stereocenters. The fourth-order valence-electron chi connectivity index (χ4n) is 2.05. The molecule has 0 atom stereocenters. The molecule has 7 heteroatoms. The Morgan fingerprint density at radius 1 is 1.26 bits per heavy atom. The molecule has 0 saturated carbocycles. The van der Waals surface area contributed by atoms with Crippen molar-refractivity contribution in [3.8, 4) is 0 Å². The number of amides is 1. The maximum Gasteiger partial charge on any atom is 0.317 e. The molecule has 1 aromatic rings. The number of hydrogen-bond acceptors (Lipinski definition) is 4. The van der Waals surface area contributed by atoms with Gasteiger partial charge in [-0.25, -0.2) is 0 Å². The smallest absolute Gasteiger partial charge is 0.317 e. The van der Waals surface area contributed by atoms with Crippen LogP contribution in [0.2, 0.25) is 0 Å². The molecule has 1 aliphatic rings. The van der Waals surface area contributed by atoms with Gasteiger partial charge in [-0.2, -0.15) is 0 Å². The van der Waals surface area contributed by atoms with Gasteiger partial charge >= 0.3 is 5.97 Å². The molecule has 0 spiro atoms. The van der Waals surface area contributed by atoms with Crippen LogP contribution >= 0.6 is 0 Å². The lowest BCUT2D eigenvalue weighted by Crippen LogP contribution is -2.50. The number of aromatic nitrogens is 1. The molecule has 7 nitrogen and oxygen atoms in total. The van der Waals surface area contributed by atoms with Gasteiger partial charge in [0.15, 0.2) is 5.43 Å². The summed E-state index contributed by atoms with van der Waals surface area (Å²) in [5, 5.41) is 8.69. The van der Waals surface area contributed by atoms with Gasteiger partial charge in [0.25, 0.3) is 5.91 Å². The maximum absolute atomic E-state index is 12.1. The fraction of sp³-hybridized carbons (Fsp3) is 0.417. The molecule has 1 amide bonds. The van der Waals surface area contributed by atoms with Crippen molar-refractivity contribution >= 4 is 11.9 Å². The lowest BCUT2D eigenvalue weighted by Gasteiger charge is -2.33. The SMILES string of the molecule is O=C(O)CN1CCN(C(=O)c2c[nH]ccc2=O)CC1. The first-order chi connectivity index (χ1) is 9.08. The zero-order chi connectivity index (χ0) is 13.8. The number of carbonyl (C=O) groups is 2. The Balaban J connectivity index is 1.98. The molecule has 0 radical (unpaired) electrons. The summed E-state index contributed by atoms with van der Waals surface area (Å²) in [6.45, 7) is 1.85. The second-order valence-corrected chi connectivity index (χ2v) is 4.38. The minimum atomic E-state index is -0.876. The third-order valence-corrected chi connectivity index (χ3v) is 3.07. The van der Waals surface area contributed by atoms with Crippen molar-refractivity contribution in [2.45, 2.75) is 0 Å². The highest BCUT2D eigenvalue weighted by Gasteiger charge is 2.24. The second kappa shape index (κ2) is 5.66. The van der Waals surface area contributed by atoms with E-state index in [0.29, 0.717) is 26.2 Å². The molecular weight excluding hydrogens is 250 g/mol. The predicted octanol–water partition coefficient (Wildman–Crippen LogP) is -0.783. The Bertz CT molecular complexity index is 532. The van der Waals surface area contributed by atoms with Gasteiger partial charge in [0.05, 0.1) is 6.54 Å². The summed E-state index contributed by atoms with van der Waals surface area (Å²) < 4.78 is 0. The highest BCUT2D eigenvalue weighted by Crippen LogP contribution is 2.05.